The summed E-state index contributed by atoms with van der Waals surface area (Å²) < 4.78 is 0. The molecule has 0 spiro atoms. The van der Waals surface area contributed by atoms with E-state index in [1.807, 2.05) is 6.07 Å². The zero-order chi connectivity index (χ0) is 18.0. The molecule has 1 aromatic heterocycles. The van der Waals surface area contributed by atoms with Gasteiger partial charge in [0.1, 0.15) is 0 Å². The monoisotopic (exact) mass is 358 g/mol. The number of halogens is 1. The maximum absolute atomic E-state index is 12.7. The van der Waals surface area contributed by atoms with Crippen LogP contribution in [0, 0.1) is 0 Å². The molecule has 3 amide bonds. The van der Waals surface area contributed by atoms with E-state index >= 15 is 0 Å². The molecule has 25 heavy (non-hydrogen) atoms. The molecule has 0 radical (unpaired) electrons. The molecule has 7 heteroatoms. The van der Waals surface area contributed by atoms with Crippen LogP contribution in [0.25, 0.3) is 0 Å². The summed E-state index contributed by atoms with van der Waals surface area (Å²) in [7, 11) is 3.45. The molecular weight excluding hydrogens is 340 g/mol. The highest BCUT2D eigenvalue weighted by Gasteiger charge is 2.25. The first kappa shape index (κ1) is 17.2. The van der Waals surface area contributed by atoms with Gasteiger partial charge in [-0.25, -0.2) is 4.79 Å². The minimum absolute atomic E-state index is 0.0448. The van der Waals surface area contributed by atoms with Gasteiger partial charge in [0.05, 0.1) is 16.3 Å². The summed E-state index contributed by atoms with van der Waals surface area (Å²) in [5.41, 5.74) is 2.91. The predicted molar refractivity (Wildman–Crippen MR) is 96.8 cm³/mol. The number of fused-ring (bicyclic) bond motifs is 1. The van der Waals surface area contributed by atoms with Gasteiger partial charge in [0.2, 0.25) is 0 Å². The molecule has 1 aliphatic heterocycles. The Hall–Kier alpha value is -2.60. The number of anilines is 1. The third-order valence-electron chi connectivity index (χ3n) is 4.16. The molecule has 130 valence electrons. The number of pyridine rings is 1. The summed E-state index contributed by atoms with van der Waals surface area (Å²) in [5.74, 6) is -0.246. The first-order chi connectivity index (χ1) is 12.0. The van der Waals surface area contributed by atoms with E-state index in [4.69, 9.17) is 11.6 Å². The Balaban J connectivity index is 1.83. The molecular formula is C18H19ClN4O2. The highest BCUT2D eigenvalue weighted by atomic mass is 35.5. The van der Waals surface area contributed by atoms with Crippen LogP contribution in [0.2, 0.25) is 5.02 Å². The van der Waals surface area contributed by atoms with Crippen molar-refractivity contribution in [1.29, 1.82) is 0 Å². The molecule has 1 aromatic carbocycles. The van der Waals surface area contributed by atoms with E-state index in [-0.39, 0.29) is 11.9 Å². The highest BCUT2D eigenvalue weighted by molar-refractivity contribution is 6.33. The second kappa shape index (κ2) is 7.11. The number of hydrogen-bond donors (Lipinski definition) is 1. The van der Waals surface area contributed by atoms with Crippen LogP contribution in [0.3, 0.4) is 0 Å². The SMILES string of the molecule is CN(C)C(=O)N1CCc2c(cncc2C(=O)Nc2ccccc2Cl)C1. The van der Waals surface area contributed by atoms with E-state index in [1.165, 1.54) is 0 Å². The van der Waals surface area contributed by atoms with Crippen LogP contribution < -0.4 is 5.32 Å². The number of carbonyl (C=O) groups is 2. The van der Waals surface area contributed by atoms with Crippen molar-refractivity contribution in [3.05, 3.63) is 58.4 Å². The lowest BCUT2D eigenvalue weighted by molar-refractivity contribution is 0.102. The summed E-state index contributed by atoms with van der Waals surface area (Å²) in [6.45, 7) is 1.02. The molecule has 1 N–H and O–H groups in total. The smallest absolute Gasteiger partial charge is 0.319 e. The lowest BCUT2D eigenvalue weighted by Gasteiger charge is -2.31. The molecule has 6 nitrogen and oxygen atoms in total. The van der Waals surface area contributed by atoms with Crippen LogP contribution in [0.4, 0.5) is 10.5 Å². The van der Waals surface area contributed by atoms with E-state index in [9.17, 15) is 9.59 Å². The van der Waals surface area contributed by atoms with Crippen molar-refractivity contribution in [1.82, 2.24) is 14.8 Å². The largest absolute Gasteiger partial charge is 0.331 e. The topological polar surface area (TPSA) is 65.5 Å². The van der Waals surface area contributed by atoms with Crippen molar-refractivity contribution in [2.45, 2.75) is 13.0 Å². The summed E-state index contributed by atoms with van der Waals surface area (Å²) >= 11 is 6.10. The number of rotatable bonds is 2. The van der Waals surface area contributed by atoms with E-state index in [2.05, 4.69) is 10.3 Å². The van der Waals surface area contributed by atoms with Crippen LogP contribution in [0.15, 0.2) is 36.7 Å². The van der Waals surface area contributed by atoms with Gasteiger partial charge < -0.3 is 15.1 Å². The fourth-order valence-electron chi connectivity index (χ4n) is 2.89. The molecule has 0 saturated heterocycles. The summed E-state index contributed by atoms with van der Waals surface area (Å²) in [6, 6.07) is 7.04. The standard InChI is InChI=1S/C18H19ClN4O2/c1-22(2)18(25)23-8-7-13-12(11-23)9-20-10-14(13)17(24)21-16-6-4-3-5-15(16)19/h3-6,9-10H,7-8,11H2,1-2H3,(H,21,24). The fourth-order valence-corrected chi connectivity index (χ4v) is 3.07. The van der Waals surface area contributed by atoms with Gasteiger partial charge in [-0.1, -0.05) is 23.7 Å². The van der Waals surface area contributed by atoms with E-state index in [0.717, 1.165) is 11.1 Å². The van der Waals surface area contributed by atoms with Crippen molar-refractivity contribution >= 4 is 29.2 Å². The number of nitrogens with one attached hydrogen (secondary N) is 1. The quantitative estimate of drug-likeness (QED) is 0.897. The average molecular weight is 359 g/mol. The first-order valence-electron chi connectivity index (χ1n) is 7.95. The van der Waals surface area contributed by atoms with Crippen molar-refractivity contribution in [3.63, 3.8) is 0 Å². The molecule has 0 fully saturated rings. The molecule has 0 unspecified atom stereocenters. The molecule has 0 saturated carbocycles. The maximum atomic E-state index is 12.7. The van der Waals surface area contributed by atoms with Gasteiger partial charge in [0, 0.05) is 39.6 Å². The minimum Gasteiger partial charge on any atom is -0.331 e. The van der Waals surface area contributed by atoms with Gasteiger partial charge in [-0.15, -0.1) is 0 Å². The molecule has 2 heterocycles. The average Bonchev–Trinajstić information content (AvgIpc) is 2.61. The third-order valence-corrected chi connectivity index (χ3v) is 4.49. The molecule has 1 aliphatic rings. The number of aromatic nitrogens is 1. The van der Waals surface area contributed by atoms with Crippen LogP contribution in [-0.4, -0.2) is 47.4 Å². The Morgan fingerprint density at radius 2 is 2.00 bits per heavy atom. The Kier molecular flexibility index (Phi) is 4.90. The van der Waals surface area contributed by atoms with Crippen molar-refractivity contribution in [2.24, 2.45) is 0 Å². The maximum Gasteiger partial charge on any atom is 0.319 e. The number of benzene rings is 1. The van der Waals surface area contributed by atoms with Gasteiger partial charge in [-0.2, -0.15) is 0 Å². The van der Waals surface area contributed by atoms with Crippen LogP contribution in [-0.2, 0) is 13.0 Å². The summed E-state index contributed by atoms with van der Waals surface area (Å²) in [5, 5.41) is 3.31. The van der Waals surface area contributed by atoms with Crippen molar-refractivity contribution in [3.8, 4) is 0 Å². The summed E-state index contributed by atoms with van der Waals surface area (Å²) in [6.07, 6.45) is 3.90. The molecule has 0 bridgehead atoms. The Morgan fingerprint density at radius 1 is 1.24 bits per heavy atom. The summed E-state index contributed by atoms with van der Waals surface area (Å²) in [4.78, 5) is 32.3. The molecule has 0 aliphatic carbocycles. The number of nitrogens with zero attached hydrogens (tertiary/aromatic N) is 3. The minimum atomic E-state index is -0.246. The fraction of sp³-hybridized carbons (Fsp3) is 0.278. The molecule has 3 rings (SSSR count). The van der Waals surface area contributed by atoms with Crippen molar-refractivity contribution in [2.75, 3.05) is 26.0 Å². The number of urea groups is 1. The zero-order valence-corrected chi connectivity index (χ0v) is 14.9. The van der Waals surface area contributed by atoms with E-state index in [0.29, 0.717) is 35.8 Å². The Bertz CT molecular complexity index is 822. The lowest BCUT2D eigenvalue weighted by Crippen LogP contribution is -2.42. The van der Waals surface area contributed by atoms with Crippen LogP contribution >= 0.6 is 11.6 Å². The number of hydrogen-bond acceptors (Lipinski definition) is 3. The van der Waals surface area contributed by atoms with Gasteiger partial charge in [0.15, 0.2) is 0 Å². The first-order valence-corrected chi connectivity index (χ1v) is 8.33. The van der Waals surface area contributed by atoms with Gasteiger partial charge in [-0.05, 0) is 29.7 Å². The van der Waals surface area contributed by atoms with Crippen molar-refractivity contribution < 1.29 is 9.59 Å². The third kappa shape index (κ3) is 3.58. The second-order valence-corrected chi connectivity index (χ2v) is 6.51. The second-order valence-electron chi connectivity index (χ2n) is 6.11. The number of para-hydroxylation sites is 1. The molecule has 2 aromatic rings. The Morgan fingerprint density at radius 3 is 2.72 bits per heavy atom. The highest BCUT2D eigenvalue weighted by Crippen LogP contribution is 2.25. The normalized spacial score (nSPS) is 13.2. The van der Waals surface area contributed by atoms with Gasteiger partial charge in [0.25, 0.3) is 5.91 Å². The van der Waals surface area contributed by atoms with Crippen LogP contribution in [0.1, 0.15) is 21.5 Å². The lowest BCUT2D eigenvalue weighted by atomic mass is 9.97. The van der Waals surface area contributed by atoms with E-state index < -0.39 is 0 Å². The number of carbonyl (C=O) groups excluding carboxylic acids is 2. The Labute approximate surface area is 151 Å². The predicted octanol–water partition coefficient (Wildman–Crippen LogP) is 3.03. The van der Waals surface area contributed by atoms with Crippen LogP contribution in [0.5, 0.6) is 0 Å². The number of amides is 3. The van der Waals surface area contributed by atoms with E-state index in [1.54, 1.807) is 54.5 Å². The molecule has 0 atom stereocenters. The van der Waals surface area contributed by atoms with Gasteiger partial charge >= 0.3 is 6.03 Å². The van der Waals surface area contributed by atoms with Gasteiger partial charge in [-0.3, -0.25) is 9.78 Å². The zero-order valence-electron chi connectivity index (χ0n) is 14.1.